The number of carbonyl (C=O) groups is 1. The molecule has 0 aromatic heterocycles. The third-order valence-corrected chi connectivity index (χ3v) is 6.34. The van der Waals surface area contributed by atoms with E-state index in [0.29, 0.717) is 44.5 Å². The fraction of sp³-hybridized carbons (Fsp3) is 0.720. The molecule has 1 aromatic rings. The molecule has 4 N–H and O–H groups in total. The van der Waals surface area contributed by atoms with Crippen molar-refractivity contribution in [2.45, 2.75) is 64.0 Å². The monoisotopic (exact) mass is 522 g/mol. The smallest absolute Gasteiger partial charge is 0.426 e. The molecule has 0 bridgehead atoms. The predicted octanol–water partition coefficient (Wildman–Crippen LogP) is 3.09. The molecule has 0 fully saturated rings. The molecule has 1 amide bonds. The molecule has 0 aliphatic carbocycles. The van der Waals surface area contributed by atoms with Crippen LogP contribution in [0, 0.1) is 11.8 Å². The van der Waals surface area contributed by atoms with Crippen molar-refractivity contribution in [1.82, 2.24) is 5.32 Å². The van der Waals surface area contributed by atoms with E-state index in [1.54, 1.807) is 14.2 Å². The predicted molar refractivity (Wildman–Crippen MR) is 130 cm³/mol. The molecule has 0 radical (unpaired) electrons. The highest BCUT2D eigenvalue weighted by molar-refractivity contribution is 5.85. The highest BCUT2D eigenvalue weighted by atomic mass is 19.4. The molecule has 0 saturated carbocycles. The largest absolute Gasteiger partial charge is 0.493 e. The van der Waals surface area contributed by atoms with Crippen LogP contribution in [0.1, 0.15) is 39.2 Å². The highest BCUT2D eigenvalue weighted by Gasteiger charge is 2.57. The number of aliphatic hydroxyl groups excluding tert-OH is 1. The molecule has 0 aliphatic rings. The molecule has 11 heteroatoms. The number of aliphatic hydroxyl groups is 1. The summed E-state index contributed by atoms with van der Waals surface area (Å²) in [4.78, 5) is 12.1. The second-order valence-electron chi connectivity index (χ2n) is 9.30. The van der Waals surface area contributed by atoms with Gasteiger partial charge in [-0.3, -0.25) is 4.79 Å². The van der Waals surface area contributed by atoms with Gasteiger partial charge in [-0.05, 0) is 49.3 Å². The molecule has 36 heavy (non-hydrogen) atoms. The third-order valence-electron chi connectivity index (χ3n) is 6.34. The number of halogens is 3. The van der Waals surface area contributed by atoms with Gasteiger partial charge in [-0.25, -0.2) is 0 Å². The van der Waals surface area contributed by atoms with Gasteiger partial charge in [-0.1, -0.05) is 19.9 Å². The van der Waals surface area contributed by atoms with Crippen LogP contribution in [-0.2, 0) is 20.7 Å². The first kappa shape index (κ1) is 31.9. The van der Waals surface area contributed by atoms with Gasteiger partial charge < -0.3 is 35.1 Å². The summed E-state index contributed by atoms with van der Waals surface area (Å²) in [5, 5.41) is 12.6. The number of hydrogen-bond acceptors (Lipinski definition) is 7. The highest BCUT2D eigenvalue weighted by Crippen LogP contribution is 2.33. The van der Waals surface area contributed by atoms with Crippen molar-refractivity contribution in [2.75, 3.05) is 41.1 Å². The van der Waals surface area contributed by atoms with Crippen molar-refractivity contribution in [3.63, 3.8) is 0 Å². The zero-order chi connectivity index (χ0) is 27.5. The minimum Gasteiger partial charge on any atom is -0.493 e. The summed E-state index contributed by atoms with van der Waals surface area (Å²) in [6, 6.07) is 4.91. The van der Waals surface area contributed by atoms with Crippen molar-refractivity contribution in [3.05, 3.63) is 23.8 Å². The Balaban J connectivity index is 2.81. The zero-order valence-corrected chi connectivity index (χ0v) is 22.0. The van der Waals surface area contributed by atoms with Gasteiger partial charge in [0, 0.05) is 39.8 Å². The van der Waals surface area contributed by atoms with Gasteiger partial charge in [0.25, 0.3) is 5.91 Å². The second kappa shape index (κ2) is 14.6. The topological polar surface area (TPSA) is 112 Å². The number of alkyl halides is 3. The molecule has 208 valence electrons. The van der Waals surface area contributed by atoms with E-state index >= 15 is 0 Å². The van der Waals surface area contributed by atoms with Crippen LogP contribution >= 0.6 is 0 Å². The van der Waals surface area contributed by atoms with Crippen molar-refractivity contribution in [2.24, 2.45) is 17.6 Å². The summed E-state index contributed by atoms with van der Waals surface area (Å²) in [5.41, 5.74) is 4.16. The summed E-state index contributed by atoms with van der Waals surface area (Å²) in [6.45, 7) is 5.32. The maximum Gasteiger partial charge on any atom is 0.426 e. The van der Waals surface area contributed by atoms with E-state index < -0.39 is 36.4 Å². The zero-order valence-electron chi connectivity index (χ0n) is 22.0. The first-order valence-electron chi connectivity index (χ1n) is 11.9. The molecule has 0 spiro atoms. The minimum atomic E-state index is -4.91. The molecule has 1 rings (SSSR count). The van der Waals surface area contributed by atoms with Crippen molar-refractivity contribution in [3.8, 4) is 11.5 Å². The number of ether oxygens (including phenoxy) is 4. The number of methoxy groups -OCH3 is 3. The van der Waals surface area contributed by atoms with E-state index in [1.165, 1.54) is 0 Å². The number of benzene rings is 1. The molecular weight excluding hydrogens is 481 g/mol. The maximum atomic E-state index is 13.2. The molecule has 1 aromatic carbocycles. The summed E-state index contributed by atoms with van der Waals surface area (Å²) in [5.74, 6) is 0.0986. The van der Waals surface area contributed by atoms with E-state index in [9.17, 15) is 23.1 Å². The second-order valence-corrected chi connectivity index (χ2v) is 9.30. The molecule has 0 aliphatic heterocycles. The fourth-order valence-corrected chi connectivity index (χ4v) is 3.60. The standard InChI is InChI=1S/C25H41F3N2O6/c1-16(2)18(12-17-8-9-21(34-5)22(13-17)36-11-7-10-33-4)14-19(29)20(31)15-30-23(32)24(3,35-6)25(26,27)28/h8-9,13,16,18-20,31H,7,10-12,14-15,29H2,1-6H3,(H,30,32)/t18?,19?,20?,24-/m1/s1. The van der Waals surface area contributed by atoms with Crippen molar-refractivity contribution < 1.29 is 42.0 Å². The van der Waals surface area contributed by atoms with E-state index in [-0.39, 0.29) is 11.8 Å². The third kappa shape index (κ3) is 9.10. The van der Waals surface area contributed by atoms with Gasteiger partial charge in [0.1, 0.15) is 0 Å². The van der Waals surface area contributed by atoms with Crippen LogP contribution in [0.4, 0.5) is 13.2 Å². The van der Waals surface area contributed by atoms with Crippen molar-refractivity contribution in [1.29, 1.82) is 0 Å². The summed E-state index contributed by atoms with van der Waals surface area (Å²) >= 11 is 0. The Kier molecular flexibility index (Phi) is 13.0. The molecule has 4 atom stereocenters. The first-order chi connectivity index (χ1) is 16.8. The average Bonchev–Trinajstić information content (AvgIpc) is 2.83. The van der Waals surface area contributed by atoms with Gasteiger partial charge in [0.2, 0.25) is 5.60 Å². The van der Waals surface area contributed by atoms with E-state index in [0.717, 1.165) is 19.1 Å². The molecule has 0 saturated heterocycles. The number of nitrogens with one attached hydrogen (secondary N) is 1. The average molecular weight is 523 g/mol. The lowest BCUT2D eigenvalue weighted by atomic mass is 9.83. The SMILES string of the molecule is COCCCOc1cc(CC(CC(N)C(O)CNC(=O)[C@@](C)(OC)C(F)(F)F)C(C)C)ccc1OC. The van der Waals surface area contributed by atoms with Crippen LogP contribution in [-0.4, -0.2) is 76.0 Å². The van der Waals surface area contributed by atoms with Crippen LogP contribution in [0.15, 0.2) is 18.2 Å². The summed E-state index contributed by atoms with van der Waals surface area (Å²) < 4.78 is 60.2. The van der Waals surface area contributed by atoms with Crippen molar-refractivity contribution >= 4 is 5.91 Å². The lowest BCUT2D eigenvalue weighted by molar-refractivity contribution is -0.253. The Bertz CT molecular complexity index is 808. The van der Waals surface area contributed by atoms with Crippen LogP contribution in [0.5, 0.6) is 11.5 Å². The van der Waals surface area contributed by atoms with Crippen LogP contribution in [0.3, 0.4) is 0 Å². The molecular formula is C25H41F3N2O6. The Morgan fingerprint density at radius 1 is 1.14 bits per heavy atom. The maximum absolute atomic E-state index is 13.2. The molecule has 3 unspecified atom stereocenters. The van der Waals surface area contributed by atoms with Gasteiger partial charge in [-0.15, -0.1) is 0 Å². The van der Waals surface area contributed by atoms with Gasteiger partial charge in [0.05, 0.1) is 19.8 Å². The number of hydrogen-bond donors (Lipinski definition) is 3. The van der Waals surface area contributed by atoms with Gasteiger partial charge in [-0.2, -0.15) is 13.2 Å². The molecule has 8 nitrogen and oxygen atoms in total. The summed E-state index contributed by atoms with van der Waals surface area (Å²) in [7, 11) is 4.00. The lowest BCUT2D eigenvalue weighted by Crippen LogP contribution is -2.58. The Morgan fingerprint density at radius 3 is 2.33 bits per heavy atom. The van der Waals surface area contributed by atoms with Gasteiger partial charge >= 0.3 is 6.18 Å². The molecule has 0 heterocycles. The van der Waals surface area contributed by atoms with E-state index in [2.05, 4.69) is 10.1 Å². The normalized spacial score (nSPS) is 16.2. The lowest BCUT2D eigenvalue weighted by Gasteiger charge is -2.31. The van der Waals surface area contributed by atoms with Crippen LogP contribution in [0.25, 0.3) is 0 Å². The van der Waals surface area contributed by atoms with Crippen LogP contribution < -0.4 is 20.5 Å². The quantitative estimate of drug-likeness (QED) is 0.286. The Morgan fingerprint density at radius 2 is 1.81 bits per heavy atom. The van der Waals surface area contributed by atoms with Crippen LogP contribution in [0.2, 0.25) is 0 Å². The number of rotatable bonds is 16. The Labute approximate surface area is 211 Å². The van der Waals surface area contributed by atoms with Gasteiger partial charge in [0.15, 0.2) is 11.5 Å². The number of amides is 1. The summed E-state index contributed by atoms with van der Waals surface area (Å²) in [6.07, 6.45) is -4.38. The minimum absolute atomic E-state index is 0.0551. The number of nitrogens with two attached hydrogens (primary N) is 1. The van der Waals surface area contributed by atoms with E-state index in [1.807, 2.05) is 32.0 Å². The Hall–Kier alpha value is -2.08. The number of carbonyl (C=O) groups excluding carboxylic acids is 1. The van der Waals surface area contributed by atoms with E-state index in [4.69, 9.17) is 19.9 Å². The fourth-order valence-electron chi connectivity index (χ4n) is 3.60. The first-order valence-corrected chi connectivity index (χ1v) is 11.9.